The molecule has 0 aliphatic carbocycles. The normalized spacial score (nSPS) is 18.3. The second-order valence-corrected chi connectivity index (χ2v) is 7.24. The number of ketones is 1. The van der Waals surface area contributed by atoms with Crippen LogP contribution in [-0.2, 0) is 9.59 Å². The third-order valence-electron chi connectivity index (χ3n) is 4.94. The Kier molecular flexibility index (Phi) is 6.07. The van der Waals surface area contributed by atoms with E-state index in [0.717, 1.165) is 6.07 Å². The summed E-state index contributed by atoms with van der Waals surface area (Å²) in [5, 5.41) is 20.8. The summed E-state index contributed by atoms with van der Waals surface area (Å²) in [5.41, 5.74) is 0.349. The van der Waals surface area contributed by atoms with Crippen molar-refractivity contribution in [2.24, 2.45) is 0 Å². The molecule has 3 rings (SSSR count). The number of halogens is 1. The standard InChI is InChI=1S/C22H23FN2O5/c1-24(2)9-10-25-19(13-5-4-6-15(26)11-13)18(21(28)22(25)29)20(27)14-7-8-17(30-3)16(23)12-14/h4-8,11-12,19,26-27H,9-10H2,1-3H3/t19-/m0/s1. The van der Waals surface area contributed by atoms with Crippen LogP contribution in [0.2, 0.25) is 0 Å². The van der Waals surface area contributed by atoms with Crippen LogP contribution >= 0.6 is 0 Å². The first-order chi connectivity index (χ1) is 14.2. The number of amides is 1. The zero-order valence-electron chi connectivity index (χ0n) is 16.9. The predicted molar refractivity (Wildman–Crippen MR) is 109 cm³/mol. The Morgan fingerprint density at radius 3 is 2.53 bits per heavy atom. The third kappa shape index (κ3) is 3.99. The highest BCUT2D eigenvalue weighted by molar-refractivity contribution is 6.46. The molecule has 0 radical (unpaired) electrons. The minimum absolute atomic E-state index is 0.0116. The molecule has 7 nitrogen and oxygen atoms in total. The van der Waals surface area contributed by atoms with Crippen LogP contribution in [0.3, 0.4) is 0 Å². The number of nitrogens with zero attached hydrogens (tertiary/aromatic N) is 2. The average Bonchev–Trinajstić information content (AvgIpc) is 2.96. The molecule has 0 saturated carbocycles. The summed E-state index contributed by atoms with van der Waals surface area (Å²) >= 11 is 0. The highest BCUT2D eigenvalue weighted by atomic mass is 19.1. The molecule has 2 aromatic carbocycles. The van der Waals surface area contributed by atoms with E-state index < -0.39 is 29.3 Å². The summed E-state index contributed by atoms with van der Waals surface area (Å²) in [7, 11) is 4.98. The fourth-order valence-corrected chi connectivity index (χ4v) is 3.43. The first-order valence-corrected chi connectivity index (χ1v) is 9.30. The Morgan fingerprint density at radius 2 is 1.93 bits per heavy atom. The fourth-order valence-electron chi connectivity index (χ4n) is 3.43. The van der Waals surface area contributed by atoms with Crippen LogP contribution in [0, 0.1) is 5.82 Å². The van der Waals surface area contributed by atoms with Crippen molar-refractivity contribution in [1.82, 2.24) is 9.80 Å². The molecule has 1 aliphatic rings. The number of likely N-dealkylation sites (N-methyl/N-ethyl adjacent to an activating group) is 1. The van der Waals surface area contributed by atoms with Crippen LogP contribution in [0.5, 0.6) is 11.5 Å². The molecular formula is C22H23FN2O5. The van der Waals surface area contributed by atoms with Gasteiger partial charge in [0, 0.05) is 18.7 Å². The maximum absolute atomic E-state index is 14.2. The molecule has 30 heavy (non-hydrogen) atoms. The number of hydrogen-bond donors (Lipinski definition) is 2. The Hall–Kier alpha value is -3.39. The fraction of sp³-hybridized carbons (Fsp3) is 0.273. The van der Waals surface area contributed by atoms with Gasteiger partial charge in [-0.25, -0.2) is 4.39 Å². The van der Waals surface area contributed by atoms with Crippen molar-refractivity contribution in [3.8, 4) is 11.5 Å². The number of phenols is 1. The molecule has 1 atom stereocenters. The van der Waals surface area contributed by atoms with Crippen molar-refractivity contribution in [2.45, 2.75) is 6.04 Å². The lowest BCUT2D eigenvalue weighted by molar-refractivity contribution is -0.140. The lowest BCUT2D eigenvalue weighted by Gasteiger charge is -2.26. The van der Waals surface area contributed by atoms with E-state index in [9.17, 15) is 24.2 Å². The van der Waals surface area contributed by atoms with E-state index >= 15 is 0 Å². The minimum atomic E-state index is -0.915. The lowest BCUT2D eigenvalue weighted by Crippen LogP contribution is -2.35. The number of aromatic hydroxyl groups is 1. The van der Waals surface area contributed by atoms with Crippen LogP contribution in [0.15, 0.2) is 48.0 Å². The minimum Gasteiger partial charge on any atom is -0.508 e. The first kappa shape index (κ1) is 21.3. The quantitative estimate of drug-likeness (QED) is 0.429. The zero-order valence-corrected chi connectivity index (χ0v) is 16.9. The number of benzene rings is 2. The van der Waals surface area contributed by atoms with Gasteiger partial charge in [-0.15, -0.1) is 0 Å². The van der Waals surface area contributed by atoms with Crippen molar-refractivity contribution in [2.75, 3.05) is 34.3 Å². The molecule has 1 fully saturated rings. The number of phenolic OH excluding ortho intramolecular Hbond substituents is 1. The Balaban J connectivity index is 2.16. The van der Waals surface area contributed by atoms with Gasteiger partial charge in [0.05, 0.1) is 18.7 Å². The van der Waals surface area contributed by atoms with Crippen LogP contribution < -0.4 is 4.74 Å². The van der Waals surface area contributed by atoms with E-state index in [0.29, 0.717) is 12.1 Å². The second-order valence-electron chi connectivity index (χ2n) is 7.24. The number of likely N-dealkylation sites (tertiary alicyclic amines) is 1. The number of hydrogen-bond acceptors (Lipinski definition) is 6. The Morgan fingerprint density at radius 1 is 1.20 bits per heavy atom. The topological polar surface area (TPSA) is 90.3 Å². The average molecular weight is 414 g/mol. The largest absolute Gasteiger partial charge is 0.508 e. The number of carbonyl (C=O) groups excluding carboxylic acids is 2. The molecule has 0 aromatic heterocycles. The van der Waals surface area contributed by atoms with Gasteiger partial charge < -0.3 is 24.7 Å². The SMILES string of the molecule is COc1ccc(C(O)=C2C(=O)C(=O)N(CCN(C)C)[C@H]2c2cccc(O)c2)cc1F. The van der Waals surface area contributed by atoms with Crippen molar-refractivity contribution >= 4 is 17.4 Å². The molecule has 8 heteroatoms. The molecule has 1 heterocycles. The third-order valence-corrected chi connectivity index (χ3v) is 4.94. The van der Waals surface area contributed by atoms with Gasteiger partial charge in [-0.3, -0.25) is 9.59 Å². The van der Waals surface area contributed by atoms with Gasteiger partial charge in [-0.05, 0) is 50.0 Å². The van der Waals surface area contributed by atoms with E-state index in [-0.39, 0.29) is 29.2 Å². The molecule has 1 saturated heterocycles. The monoisotopic (exact) mass is 414 g/mol. The summed E-state index contributed by atoms with van der Waals surface area (Å²) in [4.78, 5) is 28.8. The highest BCUT2D eigenvalue weighted by Crippen LogP contribution is 2.40. The van der Waals surface area contributed by atoms with Crippen LogP contribution in [0.1, 0.15) is 17.2 Å². The number of Topliss-reactive ketones (excluding diaryl/α,β-unsaturated/α-hetero) is 1. The Labute approximate surface area is 173 Å². The van der Waals surface area contributed by atoms with Gasteiger partial charge in [0.15, 0.2) is 11.6 Å². The molecule has 0 bridgehead atoms. The van der Waals surface area contributed by atoms with E-state index in [4.69, 9.17) is 4.74 Å². The second kappa shape index (κ2) is 8.54. The maximum atomic E-state index is 14.2. The van der Waals surface area contributed by atoms with E-state index in [1.165, 1.54) is 36.3 Å². The maximum Gasteiger partial charge on any atom is 0.295 e. The molecule has 2 N–H and O–H groups in total. The van der Waals surface area contributed by atoms with Gasteiger partial charge in [0.2, 0.25) is 0 Å². The molecular weight excluding hydrogens is 391 g/mol. The van der Waals surface area contributed by atoms with Crippen LogP contribution in [0.4, 0.5) is 4.39 Å². The first-order valence-electron chi connectivity index (χ1n) is 9.30. The summed E-state index contributed by atoms with van der Waals surface area (Å²) in [6.07, 6.45) is 0. The van der Waals surface area contributed by atoms with E-state index in [1.54, 1.807) is 12.1 Å². The summed E-state index contributed by atoms with van der Waals surface area (Å²) in [6.45, 7) is 0.713. The number of aliphatic hydroxyl groups excluding tert-OH is 1. The van der Waals surface area contributed by atoms with Crippen molar-refractivity contribution < 1.29 is 28.9 Å². The van der Waals surface area contributed by atoms with Crippen molar-refractivity contribution in [3.63, 3.8) is 0 Å². The van der Waals surface area contributed by atoms with Gasteiger partial charge in [0.25, 0.3) is 11.7 Å². The molecule has 1 aliphatic heterocycles. The number of aliphatic hydroxyl groups is 1. The summed E-state index contributed by atoms with van der Waals surface area (Å²) in [5.74, 6) is -2.88. The van der Waals surface area contributed by atoms with Gasteiger partial charge in [0.1, 0.15) is 11.5 Å². The summed E-state index contributed by atoms with van der Waals surface area (Å²) < 4.78 is 19.1. The lowest BCUT2D eigenvalue weighted by atomic mass is 9.95. The number of ether oxygens (including phenoxy) is 1. The molecule has 0 spiro atoms. The molecule has 1 amide bonds. The van der Waals surface area contributed by atoms with Crippen molar-refractivity contribution in [1.29, 1.82) is 0 Å². The van der Waals surface area contributed by atoms with E-state index in [2.05, 4.69) is 0 Å². The number of methoxy groups -OCH3 is 1. The summed E-state index contributed by atoms with van der Waals surface area (Å²) in [6, 6.07) is 9.00. The van der Waals surface area contributed by atoms with Crippen molar-refractivity contribution in [3.05, 3.63) is 65.0 Å². The smallest absolute Gasteiger partial charge is 0.295 e. The van der Waals surface area contributed by atoms with Gasteiger partial charge in [-0.1, -0.05) is 12.1 Å². The van der Waals surface area contributed by atoms with Crippen LogP contribution in [-0.4, -0.2) is 66.0 Å². The predicted octanol–water partition coefficient (Wildman–Crippen LogP) is 2.52. The number of carbonyl (C=O) groups is 2. The van der Waals surface area contributed by atoms with E-state index in [1.807, 2.05) is 19.0 Å². The number of rotatable bonds is 6. The zero-order chi connectivity index (χ0) is 22.0. The molecule has 0 unspecified atom stereocenters. The van der Waals surface area contributed by atoms with Gasteiger partial charge in [-0.2, -0.15) is 0 Å². The highest BCUT2D eigenvalue weighted by Gasteiger charge is 2.46. The molecule has 158 valence electrons. The Bertz CT molecular complexity index is 1020. The van der Waals surface area contributed by atoms with Crippen LogP contribution in [0.25, 0.3) is 5.76 Å². The van der Waals surface area contributed by atoms with Gasteiger partial charge >= 0.3 is 0 Å². The molecule has 2 aromatic rings.